The Labute approximate surface area is 192 Å². The number of hydrogen-bond donors (Lipinski definition) is 6. The molecule has 0 saturated heterocycles. The third kappa shape index (κ3) is 13.5. The van der Waals surface area contributed by atoms with Gasteiger partial charge in [-0.3, -0.25) is 28.8 Å². The minimum atomic E-state index is -0.914. The first-order chi connectivity index (χ1) is 15.1. The van der Waals surface area contributed by atoms with Crippen LogP contribution in [-0.4, -0.2) is 85.7 Å². The molecule has 0 radical (unpaired) electrons. The molecule has 0 saturated carbocycles. The Morgan fingerprint density at radius 3 is 1.88 bits per heavy atom. The van der Waals surface area contributed by atoms with Crippen molar-refractivity contribution in [2.75, 3.05) is 38.2 Å². The van der Waals surface area contributed by atoms with Gasteiger partial charge >= 0.3 is 0 Å². The quantitative estimate of drug-likeness (QED) is 0.154. The van der Waals surface area contributed by atoms with E-state index in [-0.39, 0.29) is 31.3 Å². The molecule has 0 aromatic rings. The first kappa shape index (κ1) is 29.2. The average molecular weight is 475 g/mol. The van der Waals surface area contributed by atoms with E-state index in [1.165, 1.54) is 18.7 Å². The largest absolute Gasteiger partial charge is 0.355 e. The monoisotopic (exact) mass is 474 g/mol. The van der Waals surface area contributed by atoms with Crippen molar-refractivity contribution in [3.8, 4) is 0 Å². The third-order valence-electron chi connectivity index (χ3n) is 4.02. The highest BCUT2D eigenvalue weighted by molar-refractivity contribution is 7.98. The van der Waals surface area contributed by atoms with E-state index in [9.17, 15) is 28.8 Å². The van der Waals surface area contributed by atoms with Gasteiger partial charge in [0.05, 0.1) is 19.6 Å². The molecule has 12 nitrogen and oxygen atoms in total. The summed E-state index contributed by atoms with van der Waals surface area (Å²) in [7, 11) is 0. The zero-order chi connectivity index (χ0) is 24.5. The molecule has 182 valence electrons. The second kappa shape index (κ2) is 16.8. The second-order valence-electron chi connectivity index (χ2n) is 6.71. The maximum absolute atomic E-state index is 12.4. The Morgan fingerprint density at radius 2 is 1.28 bits per heavy atom. The van der Waals surface area contributed by atoms with E-state index in [0.717, 1.165) is 0 Å². The van der Waals surface area contributed by atoms with Crippen molar-refractivity contribution in [2.45, 2.75) is 45.7 Å². The van der Waals surface area contributed by atoms with Gasteiger partial charge in [-0.2, -0.15) is 11.8 Å². The maximum atomic E-state index is 12.4. The van der Waals surface area contributed by atoms with Crippen LogP contribution in [0.25, 0.3) is 0 Å². The number of likely N-dealkylation sites (N-methyl/N-ethyl adjacent to an activating group) is 1. The van der Waals surface area contributed by atoms with Crippen LogP contribution >= 0.6 is 11.8 Å². The van der Waals surface area contributed by atoms with Crippen LogP contribution < -0.4 is 31.9 Å². The van der Waals surface area contributed by atoms with Gasteiger partial charge in [-0.15, -0.1) is 0 Å². The van der Waals surface area contributed by atoms with Crippen LogP contribution in [0.3, 0.4) is 0 Å². The summed E-state index contributed by atoms with van der Waals surface area (Å²) in [6.07, 6.45) is 2.42. The van der Waals surface area contributed by atoms with Crippen molar-refractivity contribution in [2.24, 2.45) is 0 Å². The predicted octanol–water partition coefficient (Wildman–Crippen LogP) is -2.38. The minimum Gasteiger partial charge on any atom is -0.355 e. The van der Waals surface area contributed by atoms with Gasteiger partial charge in [0.25, 0.3) is 0 Å². The lowest BCUT2D eigenvalue weighted by Crippen LogP contribution is -2.53. The molecule has 2 unspecified atom stereocenters. The maximum Gasteiger partial charge on any atom is 0.243 e. The summed E-state index contributed by atoms with van der Waals surface area (Å²) in [5.74, 6) is -2.27. The number of carbonyl (C=O) groups is 6. The first-order valence-electron chi connectivity index (χ1n) is 10.3. The van der Waals surface area contributed by atoms with Crippen LogP contribution in [0.1, 0.15) is 33.6 Å². The summed E-state index contributed by atoms with van der Waals surface area (Å²) >= 11 is 1.49. The molecule has 0 spiro atoms. The molecule has 0 aliphatic heterocycles. The highest BCUT2D eigenvalue weighted by Crippen LogP contribution is 2.01. The van der Waals surface area contributed by atoms with E-state index in [4.69, 9.17) is 0 Å². The Kier molecular flexibility index (Phi) is 15.3. The fourth-order valence-electron chi connectivity index (χ4n) is 2.28. The molecular formula is C19H34N6O6S. The molecular weight excluding hydrogens is 440 g/mol. The van der Waals surface area contributed by atoms with Crippen LogP contribution in [0.4, 0.5) is 0 Å². The molecule has 0 aromatic heterocycles. The molecule has 0 aromatic carbocycles. The van der Waals surface area contributed by atoms with Gasteiger partial charge in [-0.1, -0.05) is 6.92 Å². The van der Waals surface area contributed by atoms with Gasteiger partial charge < -0.3 is 31.9 Å². The standard InChI is InChI=1S/C19H34N6O6S/c1-5-14(26)21-10-17(29)25-13(7-8-32-4)19(31)23-11-16(28)24-12(3)18(30)22-9-15(27)20-6-2/h12-13H,5-11H2,1-4H3,(H,20,27)(H,21,26)(H,22,30)(H,23,31)(H,24,28)(H,25,29). The molecule has 32 heavy (non-hydrogen) atoms. The summed E-state index contributed by atoms with van der Waals surface area (Å²) in [4.78, 5) is 71.0. The zero-order valence-electron chi connectivity index (χ0n) is 19.0. The van der Waals surface area contributed by atoms with Crippen LogP contribution in [0.15, 0.2) is 0 Å². The molecule has 0 aliphatic rings. The molecule has 0 rings (SSSR count). The summed E-state index contributed by atoms with van der Waals surface area (Å²) in [6.45, 7) is 4.42. The van der Waals surface area contributed by atoms with Gasteiger partial charge in [0, 0.05) is 13.0 Å². The Bertz CT molecular complexity index is 675. The van der Waals surface area contributed by atoms with Crippen LogP contribution in [-0.2, 0) is 28.8 Å². The summed E-state index contributed by atoms with van der Waals surface area (Å²) in [6, 6.07) is -1.79. The number of nitrogens with one attached hydrogen (secondary N) is 6. The van der Waals surface area contributed by atoms with E-state index < -0.39 is 42.3 Å². The zero-order valence-corrected chi connectivity index (χ0v) is 19.8. The van der Waals surface area contributed by atoms with E-state index in [1.54, 1.807) is 13.8 Å². The Balaban J connectivity index is 4.55. The molecule has 6 N–H and O–H groups in total. The average Bonchev–Trinajstić information content (AvgIpc) is 2.76. The van der Waals surface area contributed by atoms with E-state index in [1.807, 2.05) is 6.26 Å². The molecule has 0 aliphatic carbocycles. The van der Waals surface area contributed by atoms with Crippen LogP contribution in [0.2, 0.25) is 0 Å². The molecule has 0 fully saturated rings. The number of thioether (sulfide) groups is 1. The van der Waals surface area contributed by atoms with Gasteiger partial charge in [-0.05, 0) is 32.3 Å². The molecule has 13 heteroatoms. The van der Waals surface area contributed by atoms with Crippen molar-refractivity contribution in [3.63, 3.8) is 0 Å². The van der Waals surface area contributed by atoms with Crippen molar-refractivity contribution >= 4 is 47.2 Å². The first-order valence-corrected chi connectivity index (χ1v) is 11.7. The van der Waals surface area contributed by atoms with Crippen LogP contribution in [0.5, 0.6) is 0 Å². The highest BCUT2D eigenvalue weighted by Gasteiger charge is 2.22. The molecule has 6 amide bonds. The lowest BCUT2D eigenvalue weighted by Gasteiger charge is -2.19. The van der Waals surface area contributed by atoms with Crippen molar-refractivity contribution in [1.82, 2.24) is 31.9 Å². The Morgan fingerprint density at radius 1 is 0.719 bits per heavy atom. The van der Waals surface area contributed by atoms with Crippen LogP contribution in [0, 0.1) is 0 Å². The van der Waals surface area contributed by atoms with Crippen molar-refractivity contribution < 1.29 is 28.8 Å². The normalized spacial score (nSPS) is 12.0. The van der Waals surface area contributed by atoms with E-state index in [2.05, 4.69) is 31.9 Å². The molecule has 0 heterocycles. The van der Waals surface area contributed by atoms with E-state index in [0.29, 0.717) is 18.7 Å². The molecule has 2 atom stereocenters. The summed E-state index contributed by atoms with van der Waals surface area (Å²) in [5, 5.41) is 14.7. The smallest absolute Gasteiger partial charge is 0.243 e. The lowest BCUT2D eigenvalue weighted by molar-refractivity contribution is -0.132. The Hall–Kier alpha value is -2.83. The second-order valence-corrected chi connectivity index (χ2v) is 7.70. The SMILES string of the molecule is CCNC(=O)CNC(=O)C(C)NC(=O)CNC(=O)C(CCSC)NC(=O)CNC(=O)CC. The number of hydrogen-bond acceptors (Lipinski definition) is 7. The minimum absolute atomic E-state index is 0.209. The number of carbonyl (C=O) groups excluding carboxylic acids is 6. The summed E-state index contributed by atoms with van der Waals surface area (Å²) < 4.78 is 0. The fourth-order valence-corrected chi connectivity index (χ4v) is 2.75. The van der Waals surface area contributed by atoms with E-state index >= 15 is 0 Å². The highest BCUT2D eigenvalue weighted by atomic mass is 32.2. The summed E-state index contributed by atoms with van der Waals surface area (Å²) in [5.41, 5.74) is 0. The van der Waals surface area contributed by atoms with Crippen molar-refractivity contribution in [3.05, 3.63) is 0 Å². The van der Waals surface area contributed by atoms with Crippen molar-refractivity contribution in [1.29, 1.82) is 0 Å². The van der Waals surface area contributed by atoms with Gasteiger partial charge in [-0.25, -0.2) is 0 Å². The van der Waals surface area contributed by atoms with Gasteiger partial charge in [0.1, 0.15) is 12.1 Å². The van der Waals surface area contributed by atoms with Gasteiger partial charge in [0.2, 0.25) is 35.4 Å². The predicted molar refractivity (Wildman–Crippen MR) is 121 cm³/mol. The number of rotatable bonds is 15. The third-order valence-corrected chi connectivity index (χ3v) is 4.66. The van der Waals surface area contributed by atoms with Gasteiger partial charge in [0.15, 0.2) is 0 Å². The number of amides is 6. The fraction of sp³-hybridized carbons (Fsp3) is 0.684. The molecule has 0 bridgehead atoms. The topological polar surface area (TPSA) is 175 Å². The lowest BCUT2D eigenvalue weighted by atomic mass is 10.2.